The molecule has 2 aromatic rings. The Kier molecular flexibility index (Phi) is 4.69. The number of oxime groups is 1. The van der Waals surface area contributed by atoms with Crippen molar-refractivity contribution < 1.29 is 14.0 Å². The summed E-state index contributed by atoms with van der Waals surface area (Å²) in [7, 11) is 0. The monoisotopic (exact) mass is 356 g/mol. The second-order valence-electron chi connectivity index (χ2n) is 6.84. The van der Waals surface area contributed by atoms with E-state index in [1.165, 1.54) is 12.1 Å². The third-order valence-electron chi connectivity index (χ3n) is 4.85. The molecule has 7 heteroatoms. The standard InChI is InChI=1S/C19H21FN4O2/c20-13-5-3-4-12(8-13)9-14-10-15(26-24-14)11-21-19(25)18-16-6-1-2-7-17(16)22-23-18/h3-5,8,15H,1-2,6-7,9-11H2,(H,21,25)(H,22,23)/t15-/m1/s1. The highest BCUT2D eigenvalue weighted by Gasteiger charge is 2.25. The number of amides is 1. The molecule has 2 aliphatic rings. The zero-order chi connectivity index (χ0) is 17.9. The molecule has 1 aromatic heterocycles. The minimum Gasteiger partial charge on any atom is -0.390 e. The predicted octanol–water partition coefficient (Wildman–Crippen LogP) is 2.55. The molecule has 0 spiro atoms. The Morgan fingerprint density at radius 3 is 3.12 bits per heavy atom. The van der Waals surface area contributed by atoms with Crippen molar-refractivity contribution in [1.29, 1.82) is 0 Å². The summed E-state index contributed by atoms with van der Waals surface area (Å²) in [4.78, 5) is 17.8. The normalized spacial score (nSPS) is 18.8. The van der Waals surface area contributed by atoms with E-state index in [-0.39, 0.29) is 17.8 Å². The largest absolute Gasteiger partial charge is 0.390 e. The molecule has 2 N–H and O–H groups in total. The number of carbonyl (C=O) groups excluding carboxylic acids is 1. The fourth-order valence-electron chi connectivity index (χ4n) is 3.54. The molecule has 0 bridgehead atoms. The molecule has 1 aliphatic carbocycles. The number of aromatic nitrogens is 2. The molecular weight excluding hydrogens is 335 g/mol. The van der Waals surface area contributed by atoms with E-state index >= 15 is 0 Å². The van der Waals surface area contributed by atoms with Gasteiger partial charge in [-0.25, -0.2) is 4.39 Å². The van der Waals surface area contributed by atoms with E-state index in [0.29, 0.717) is 25.1 Å². The van der Waals surface area contributed by atoms with Crippen molar-refractivity contribution in [2.45, 2.75) is 44.6 Å². The van der Waals surface area contributed by atoms with E-state index in [2.05, 4.69) is 20.7 Å². The van der Waals surface area contributed by atoms with E-state index < -0.39 is 0 Å². The maximum absolute atomic E-state index is 13.3. The van der Waals surface area contributed by atoms with Crippen molar-refractivity contribution in [1.82, 2.24) is 15.5 Å². The van der Waals surface area contributed by atoms with Gasteiger partial charge < -0.3 is 10.2 Å². The number of nitrogens with zero attached hydrogens (tertiary/aromatic N) is 2. The van der Waals surface area contributed by atoms with Gasteiger partial charge in [-0.2, -0.15) is 5.10 Å². The molecule has 2 heterocycles. The molecule has 0 saturated heterocycles. The van der Waals surface area contributed by atoms with Crippen LogP contribution in [0.25, 0.3) is 0 Å². The van der Waals surface area contributed by atoms with Crippen LogP contribution < -0.4 is 5.32 Å². The van der Waals surface area contributed by atoms with Crippen LogP contribution in [0.3, 0.4) is 0 Å². The smallest absolute Gasteiger partial charge is 0.272 e. The van der Waals surface area contributed by atoms with Crippen molar-refractivity contribution in [3.05, 3.63) is 52.6 Å². The Morgan fingerprint density at radius 2 is 2.23 bits per heavy atom. The molecule has 1 amide bonds. The fraction of sp³-hybridized carbons (Fsp3) is 0.421. The summed E-state index contributed by atoms with van der Waals surface area (Å²) in [6.45, 7) is 0.372. The molecule has 136 valence electrons. The third-order valence-corrected chi connectivity index (χ3v) is 4.85. The quantitative estimate of drug-likeness (QED) is 0.864. The number of aryl methyl sites for hydroxylation is 1. The number of nitrogens with one attached hydrogen (secondary N) is 2. The van der Waals surface area contributed by atoms with Gasteiger partial charge in [0.05, 0.1) is 12.3 Å². The fourth-order valence-corrected chi connectivity index (χ4v) is 3.54. The van der Waals surface area contributed by atoms with Gasteiger partial charge in [0.1, 0.15) is 11.9 Å². The summed E-state index contributed by atoms with van der Waals surface area (Å²) in [5.41, 5.74) is 4.34. The zero-order valence-electron chi connectivity index (χ0n) is 14.4. The van der Waals surface area contributed by atoms with Crippen molar-refractivity contribution >= 4 is 11.6 Å². The van der Waals surface area contributed by atoms with Crippen LogP contribution in [0.15, 0.2) is 29.4 Å². The van der Waals surface area contributed by atoms with E-state index in [0.717, 1.165) is 48.2 Å². The van der Waals surface area contributed by atoms with E-state index in [1.807, 2.05) is 6.07 Å². The number of rotatable bonds is 5. The van der Waals surface area contributed by atoms with Crippen molar-refractivity contribution in [3.63, 3.8) is 0 Å². The van der Waals surface area contributed by atoms with Crippen LogP contribution in [0.5, 0.6) is 0 Å². The first kappa shape index (κ1) is 16.8. The highest BCUT2D eigenvalue weighted by molar-refractivity contribution is 5.94. The maximum Gasteiger partial charge on any atom is 0.272 e. The lowest BCUT2D eigenvalue weighted by molar-refractivity contribution is 0.0750. The maximum atomic E-state index is 13.3. The van der Waals surface area contributed by atoms with Gasteiger partial charge >= 0.3 is 0 Å². The lowest BCUT2D eigenvalue weighted by Crippen LogP contribution is -2.33. The summed E-state index contributed by atoms with van der Waals surface area (Å²) in [6, 6.07) is 6.46. The van der Waals surface area contributed by atoms with Crippen LogP contribution in [0, 0.1) is 5.82 Å². The van der Waals surface area contributed by atoms with Gasteiger partial charge in [0.25, 0.3) is 5.91 Å². The Morgan fingerprint density at radius 1 is 1.35 bits per heavy atom. The van der Waals surface area contributed by atoms with Gasteiger partial charge in [0.2, 0.25) is 0 Å². The molecule has 1 aromatic carbocycles. The highest BCUT2D eigenvalue weighted by atomic mass is 19.1. The molecule has 0 fully saturated rings. The summed E-state index contributed by atoms with van der Waals surface area (Å²) >= 11 is 0. The number of carbonyl (C=O) groups is 1. The van der Waals surface area contributed by atoms with Gasteiger partial charge in [-0.1, -0.05) is 17.3 Å². The van der Waals surface area contributed by atoms with Crippen molar-refractivity contribution in [2.24, 2.45) is 5.16 Å². The number of halogens is 1. The Bertz CT molecular complexity index is 846. The molecule has 6 nitrogen and oxygen atoms in total. The van der Waals surface area contributed by atoms with Gasteiger partial charge in [-0.3, -0.25) is 9.89 Å². The summed E-state index contributed by atoms with van der Waals surface area (Å²) in [5, 5.41) is 14.1. The average Bonchev–Trinajstić information content (AvgIpc) is 3.26. The van der Waals surface area contributed by atoms with Crippen LogP contribution in [0.4, 0.5) is 4.39 Å². The van der Waals surface area contributed by atoms with Gasteiger partial charge in [0.15, 0.2) is 5.69 Å². The number of hydrogen-bond acceptors (Lipinski definition) is 4. The SMILES string of the molecule is O=C(NC[C@H]1CC(Cc2cccc(F)c2)=NO1)c1n[nH]c2c1CCCC2. The molecule has 0 unspecified atom stereocenters. The van der Waals surface area contributed by atoms with Crippen LogP contribution in [-0.4, -0.2) is 34.5 Å². The second kappa shape index (κ2) is 7.27. The summed E-state index contributed by atoms with van der Waals surface area (Å²) in [6.07, 6.45) is 5.06. The average molecular weight is 356 g/mol. The van der Waals surface area contributed by atoms with Crippen LogP contribution >= 0.6 is 0 Å². The van der Waals surface area contributed by atoms with Crippen LogP contribution in [-0.2, 0) is 24.1 Å². The first-order valence-electron chi connectivity index (χ1n) is 8.99. The second-order valence-corrected chi connectivity index (χ2v) is 6.84. The summed E-state index contributed by atoms with van der Waals surface area (Å²) < 4.78 is 13.3. The van der Waals surface area contributed by atoms with Gasteiger partial charge in [-0.05, 0) is 43.4 Å². The first-order chi connectivity index (χ1) is 12.7. The molecular formula is C19H21FN4O2. The number of aromatic amines is 1. The lowest BCUT2D eigenvalue weighted by Gasteiger charge is -2.12. The number of benzene rings is 1. The molecule has 26 heavy (non-hydrogen) atoms. The first-order valence-corrected chi connectivity index (χ1v) is 8.99. The number of fused-ring (bicyclic) bond motifs is 1. The van der Waals surface area contributed by atoms with Crippen LogP contribution in [0.1, 0.15) is 46.6 Å². The topological polar surface area (TPSA) is 79.4 Å². The molecule has 1 aliphatic heterocycles. The van der Waals surface area contributed by atoms with Gasteiger partial charge in [-0.15, -0.1) is 0 Å². The molecule has 4 rings (SSSR count). The number of H-pyrrole nitrogens is 1. The Balaban J connectivity index is 1.28. The zero-order valence-corrected chi connectivity index (χ0v) is 14.4. The van der Waals surface area contributed by atoms with Crippen molar-refractivity contribution in [2.75, 3.05) is 6.54 Å². The van der Waals surface area contributed by atoms with E-state index in [4.69, 9.17) is 4.84 Å². The minimum atomic E-state index is -0.256. The van der Waals surface area contributed by atoms with Crippen molar-refractivity contribution in [3.8, 4) is 0 Å². The summed E-state index contributed by atoms with van der Waals surface area (Å²) in [5.74, 6) is -0.431. The molecule has 0 radical (unpaired) electrons. The Hall–Kier alpha value is -2.70. The van der Waals surface area contributed by atoms with E-state index in [9.17, 15) is 9.18 Å². The van der Waals surface area contributed by atoms with Crippen LogP contribution in [0.2, 0.25) is 0 Å². The third kappa shape index (κ3) is 3.61. The highest BCUT2D eigenvalue weighted by Crippen LogP contribution is 2.22. The Labute approximate surface area is 150 Å². The van der Waals surface area contributed by atoms with E-state index in [1.54, 1.807) is 6.07 Å². The lowest BCUT2D eigenvalue weighted by atomic mass is 9.96. The molecule has 1 atom stereocenters. The predicted molar refractivity (Wildman–Crippen MR) is 94.6 cm³/mol. The number of hydrogen-bond donors (Lipinski definition) is 2. The van der Waals surface area contributed by atoms with Gasteiger partial charge in [0, 0.05) is 24.1 Å². The minimum absolute atomic E-state index is 0.174. The molecule has 0 saturated carbocycles.